The molecule has 9 heteroatoms. The molecule has 1 aliphatic heterocycles. The predicted molar refractivity (Wildman–Crippen MR) is 115 cm³/mol. The first-order valence-corrected chi connectivity index (χ1v) is 11.0. The number of fused-ring (bicyclic) bond motifs is 2. The quantitative estimate of drug-likeness (QED) is 0.439. The lowest BCUT2D eigenvalue weighted by Gasteiger charge is -2.05. The first kappa shape index (κ1) is 20.5. The lowest BCUT2D eigenvalue weighted by molar-refractivity contribution is -0.141. The summed E-state index contributed by atoms with van der Waals surface area (Å²) in [5.41, 5.74) is 1.21. The largest absolute Gasteiger partial charge is 0.468 e. The van der Waals surface area contributed by atoms with Crippen molar-refractivity contribution in [2.24, 2.45) is 4.99 Å². The maximum absolute atomic E-state index is 12.8. The number of rotatable bonds is 5. The van der Waals surface area contributed by atoms with Crippen molar-refractivity contribution >= 4 is 45.2 Å². The monoisotopic (exact) mass is 444 g/mol. The van der Waals surface area contributed by atoms with Gasteiger partial charge in [-0.1, -0.05) is 25.2 Å². The molecule has 1 aromatic heterocycles. The summed E-state index contributed by atoms with van der Waals surface area (Å²) >= 11 is 3.03. The zero-order chi connectivity index (χ0) is 21.3. The molecule has 0 saturated heterocycles. The molecule has 3 aromatic rings. The molecule has 0 N–H and O–H groups in total. The molecule has 1 amide bonds. The Hall–Kier alpha value is -2.78. The van der Waals surface area contributed by atoms with Gasteiger partial charge in [-0.15, -0.1) is 11.8 Å². The number of methoxy groups -OCH3 is 1. The van der Waals surface area contributed by atoms with E-state index in [2.05, 4.69) is 18.8 Å². The van der Waals surface area contributed by atoms with E-state index in [9.17, 15) is 9.59 Å². The van der Waals surface area contributed by atoms with Crippen molar-refractivity contribution in [3.63, 3.8) is 0 Å². The van der Waals surface area contributed by atoms with Gasteiger partial charge < -0.3 is 18.8 Å². The third-order valence-electron chi connectivity index (χ3n) is 4.36. The van der Waals surface area contributed by atoms with E-state index in [1.54, 1.807) is 34.5 Å². The Kier molecular flexibility index (Phi) is 5.83. The molecule has 0 spiro atoms. The van der Waals surface area contributed by atoms with Crippen molar-refractivity contribution in [2.75, 3.05) is 13.9 Å². The van der Waals surface area contributed by atoms with Gasteiger partial charge in [-0.05, 0) is 24.3 Å². The van der Waals surface area contributed by atoms with Gasteiger partial charge in [0.05, 0.1) is 17.3 Å². The molecule has 0 saturated carbocycles. The highest BCUT2D eigenvalue weighted by Gasteiger charge is 2.19. The topological polar surface area (TPSA) is 79.1 Å². The lowest BCUT2D eigenvalue weighted by atomic mass is 10.2. The second-order valence-electron chi connectivity index (χ2n) is 6.83. The van der Waals surface area contributed by atoms with E-state index in [1.807, 2.05) is 18.2 Å². The molecule has 0 bridgehead atoms. The summed E-state index contributed by atoms with van der Waals surface area (Å²) in [6.45, 7) is 4.33. The Morgan fingerprint density at radius 2 is 1.90 bits per heavy atom. The van der Waals surface area contributed by atoms with Gasteiger partial charge in [0.2, 0.25) is 6.79 Å². The van der Waals surface area contributed by atoms with E-state index in [0.29, 0.717) is 27.1 Å². The van der Waals surface area contributed by atoms with Crippen molar-refractivity contribution < 1.29 is 23.8 Å². The molecule has 0 fully saturated rings. The second-order valence-corrected chi connectivity index (χ2v) is 9.49. The summed E-state index contributed by atoms with van der Waals surface area (Å²) in [4.78, 5) is 30.6. The second kappa shape index (κ2) is 8.53. The normalized spacial score (nSPS) is 13.3. The van der Waals surface area contributed by atoms with Crippen LogP contribution in [0.25, 0.3) is 10.2 Å². The summed E-state index contributed by atoms with van der Waals surface area (Å²) in [7, 11) is 1.32. The van der Waals surface area contributed by atoms with Crippen molar-refractivity contribution in [1.29, 1.82) is 0 Å². The standard InChI is InChI=1S/C21H20N2O5S2/c1-12(2)29-14-6-4-13(5-7-14)20(25)22-21-23(10-19(24)26-3)15-8-16-17(28-11-27-16)9-18(15)30-21/h4-9,12H,10-11H2,1-3H3. The molecule has 30 heavy (non-hydrogen) atoms. The number of aromatic nitrogens is 1. The van der Waals surface area contributed by atoms with E-state index in [1.165, 1.54) is 18.4 Å². The van der Waals surface area contributed by atoms with Crippen molar-refractivity contribution in [2.45, 2.75) is 30.5 Å². The molecule has 156 valence electrons. The van der Waals surface area contributed by atoms with Gasteiger partial charge in [-0.25, -0.2) is 0 Å². The Balaban J connectivity index is 1.74. The molecule has 4 rings (SSSR count). The van der Waals surface area contributed by atoms with E-state index in [0.717, 1.165) is 15.1 Å². The van der Waals surface area contributed by atoms with Crippen molar-refractivity contribution in [3.05, 3.63) is 46.8 Å². The number of nitrogens with zero attached hydrogens (tertiary/aromatic N) is 2. The summed E-state index contributed by atoms with van der Waals surface area (Å²) < 4.78 is 18.2. The number of hydrogen-bond donors (Lipinski definition) is 0. The average Bonchev–Trinajstić information content (AvgIpc) is 3.30. The predicted octanol–water partition coefficient (Wildman–Crippen LogP) is 3.85. The molecule has 2 heterocycles. The van der Waals surface area contributed by atoms with Crippen LogP contribution < -0.4 is 14.3 Å². The maximum Gasteiger partial charge on any atom is 0.325 e. The fraction of sp³-hybridized carbons (Fsp3) is 0.286. The van der Waals surface area contributed by atoms with Crippen LogP contribution in [-0.2, 0) is 16.1 Å². The molecule has 0 radical (unpaired) electrons. The van der Waals surface area contributed by atoms with E-state index >= 15 is 0 Å². The molecular weight excluding hydrogens is 424 g/mol. The highest BCUT2D eigenvalue weighted by atomic mass is 32.2. The Bertz CT molecular complexity index is 1180. The Labute approximate surface area is 181 Å². The van der Waals surface area contributed by atoms with E-state index in [-0.39, 0.29) is 19.2 Å². The molecule has 0 unspecified atom stereocenters. The zero-order valence-corrected chi connectivity index (χ0v) is 18.3. The lowest BCUT2D eigenvalue weighted by Crippen LogP contribution is -2.22. The molecular formula is C21H20N2O5S2. The number of carbonyl (C=O) groups is 2. The van der Waals surface area contributed by atoms with Crippen LogP contribution in [0.4, 0.5) is 0 Å². The first-order valence-electron chi connectivity index (χ1n) is 9.30. The van der Waals surface area contributed by atoms with Gasteiger partial charge in [-0.2, -0.15) is 4.99 Å². The third kappa shape index (κ3) is 4.22. The summed E-state index contributed by atoms with van der Waals surface area (Å²) in [5.74, 6) is 0.415. The fourth-order valence-electron chi connectivity index (χ4n) is 2.99. The summed E-state index contributed by atoms with van der Waals surface area (Å²) in [6.07, 6.45) is 0. The SMILES string of the molecule is COC(=O)Cn1c(=NC(=O)c2ccc(SC(C)C)cc2)sc2cc3c(cc21)OCO3. The van der Waals surface area contributed by atoms with Crippen LogP contribution in [0.3, 0.4) is 0 Å². The number of amides is 1. The summed E-state index contributed by atoms with van der Waals surface area (Å²) in [5, 5.41) is 0.460. The minimum atomic E-state index is -0.434. The van der Waals surface area contributed by atoms with Crippen LogP contribution in [-0.4, -0.2) is 35.6 Å². The fourth-order valence-corrected chi connectivity index (χ4v) is 4.87. The van der Waals surface area contributed by atoms with Crippen molar-refractivity contribution in [3.8, 4) is 11.5 Å². The number of benzene rings is 2. The Morgan fingerprint density at radius 3 is 2.57 bits per heavy atom. The average molecular weight is 445 g/mol. The van der Waals surface area contributed by atoms with E-state index in [4.69, 9.17) is 14.2 Å². The van der Waals surface area contributed by atoms with Crippen LogP contribution >= 0.6 is 23.1 Å². The molecule has 2 aromatic carbocycles. The van der Waals surface area contributed by atoms with Gasteiger partial charge >= 0.3 is 5.97 Å². The molecule has 0 atom stereocenters. The number of hydrogen-bond acceptors (Lipinski definition) is 7. The molecule has 7 nitrogen and oxygen atoms in total. The van der Waals surface area contributed by atoms with Gasteiger partial charge in [0.25, 0.3) is 5.91 Å². The number of thiazole rings is 1. The van der Waals surface area contributed by atoms with Gasteiger partial charge in [0.1, 0.15) is 6.54 Å². The highest BCUT2D eigenvalue weighted by Crippen LogP contribution is 2.37. The van der Waals surface area contributed by atoms with Gasteiger partial charge in [-0.3, -0.25) is 9.59 Å². The molecule has 0 aliphatic carbocycles. The van der Waals surface area contributed by atoms with Gasteiger partial charge in [0.15, 0.2) is 16.3 Å². The highest BCUT2D eigenvalue weighted by molar-refractivity contribution is 7.99. The van der Waals surface area contributed by atoms with Crippen LogP contribution in [0.2, 0.25) is 0 Å². The van der Waals surface area contributed by atoms with Crippen LogP contribution in [0.1, 0.15) is 24.2 Å². The zero-order valence-electron chi connectivity index (χ0n) is 16.7. The minimum Gasteiger partial charge on any atom is -0.468 e. The van der Waals surface area contributed by atoms with Crippen LogP contribution in [0, 0.1) is 0 Å². The smallest absolute Gasteiger partial charge is 0.325 e. The van der Waals surface area contributed by atoms with Crippen molar-refractivity contribution in [1.82, 2.24) is 4.57 Å². The van der Waals surface area contributed by atoms with Crippen LogP contribution in [0.5, 0.6) is 11.5 Å². The third-order valence-corrected chi connectivity index (χ3v) is 6.42. The molecule has 1 aliphatic rings. The summed E-state index contributed by atoms with van der Waals surface area (Å²) in [6, 6.07) is 11.0. The first-order chi connectivity index (χ1) is 14.4. The number of esters is 1. The van der Waals surface area contributed by atoms with E-state index < -0.39 is 5.97 Å². The number of ether oxygens (including phenoxy) is 3. The minimum absolute atomic E-state index is 0.0633. The number of carbonyl (C=O) groups excluding carboxylic acids is 2. The Morgan fingerprint density at radius 1 is 1.20 bits per heavy atom. The number of thioether (sulfide) groups is 1. The maximum atomic E-state index is 12.8. The van der Waals surface area contributed by atoms with Gasteiger partial charge in [0, 0.05) is 27.8 Å². The van der Waals surface area contributed by atoms with Crippen LogP contribution in [0.15, 0.2) is 46.3 Å².